The molecule has 0 aromatic rings. The Labute approximate surface area is 89.6 Å². The lowest BCUT2D eigenvalue weighted by Crippen LogP contribution is -2.45. The van der Waals surface area contributed by atoms with E-state index in [4.69, 9.17) is 9.47 Å². The van der Waals surface area contributed by atoms with E-state index in [2.05, 4.69) is 0 Å². The predicted octanol–water partition coefficient (Wildman–Crippen LogP) is 0.870. The second kappa shape index (κ2) is 4.10. The Morgan fingerprint density at radius 2 is 2.07 bits per heavy atom. The predicted molar refractivity (Wildman–Crippen MR) is 53.3 cm³/mol. The summed E-state index contributed by atoms with van der Waals surface area (Å²) in [7, 11) is 0. The van der Waals surface area contributed by atoms with Crippen molar-refractivity contribution in [3.8, 4) is 0 Å². The number of ether oxygens (including phenoxy) is 2. The molecular formula is C11H18O4. The summed E-state index contributed by atoms with van der Waals surface area (Å²) < 4.78 is 10.7. The summed E-state index contributed by atoms with van der Waals surface area (Å²) in [5.41, 5.74) is -0.694. The van der Waals surface area contributed by atoms with E-state index in [9.17, 15) is 9.90 Å². The van der Waals surface area contributed by atoms with Gasteiger partial charge in [0.2, 0.25) is 0 Å². The minimum atomic E-state index is -0.694. The van der Waals surface area contributed by atoms with Crippen molar-refractivity contribution in [2.75, 3.05) is 13.2 Å². The number of carbonyl (C=O) groups excluding carboxylic acids is 1. The van der Waals surface area contributed by atoms with Crippen LogP contribution in [-0.4, -0.2) is 36.5 Å². The molecule has 0 aromatic carbocycles. The Morgan fingerprint density at radius 1 is 1.47 bits per heavy atom. The molecule has 2 rings (SSSR count). The number of aliphatic hydroxyl groups excluding tert-OH is 1. The van der Waals surface area contributed by atoms with Crippen LogP contribution in [0.15, 0.2) is 0 Å². The van der Waals surface area contributed by atoms with Gasteiger partial charge in [-0.3, -0.25) is 4.79 Å². The number of aliphatic hydroxyl groups is 1. The summed E-state index contributed by atoms with van der Waals surface area (Å²) in [6.07, 6.45) is 3.51. The highest BCUT2D eigenvalue weighted by Crippen LogP contribution is 2.44. The molecule has 2 fully saturated rings. The van der Waals surface area contributed by atoms with Gasteiger partial charge in [-0.1, -0.05) is 0 Å². The maximum atomic E-state index is 11.8. The normalized spacial score (nSPS) is 39.1. The molecule has 0 aromatic heterocycles. The molecule has 2 bridgehead atoms. The highest BCUT2D eigenvalue weighted by Gasteiger charge is 2.50. The molecule has 2 aliphatic heterocycles. The number of hydrogen-bond acceptors (Lipinski definition) is 4. The zero-order valence-electron chi connectivity index (χ0n) is 9.07. The van der Waals surface area contributed by atoms with Gasteiger partial charge < -0.3 is 14.6 Å². The maximum Gasteiger partial charge on any atom is 0.314 e. The lowest BCUT2D eigenvalue weighted by molar-refractivity contribution is -0.170. The van der Waals surface area contributed by atoms with E-state index in [0.29, 0.717) is 19.4 Å². The van der Waals surface area contributed by atoms with Crippen LogP contribution >= 0.6 is 0 Å². The molecule has 0 spiro atoms. The number of carbonyl (C=O) groups is 1. The van der Waals surface area contributed by atoms with Gasteiger partial charge in [0.05, 0.1) is 30.8 Å². The van der Waals surface area contributed by atoms with Crippen LogP contribution in [0, 0.1) is 5.41 Å². The fourth-order valence-electron chi connectivity index (χ4n) is 2.68. The van der Waals surface area contributed by atoms with E-state index in [1.54, 1.807) is 6.92 Å². The summed E-state index contributed by atoms with van der Waals surface area (Å²) in [5.74, 6) is -0.257. The first-order valence-corrected chi connectivity index (χ1v) is 5.64. The van der Waals surface area contributed by atoms with E-state index in [-0.39, 0.29) is 24.8 Å². The van der Waals surface area contributed by atoms with Crippen molar-refractivity contribution in [3.05, 3.63) is 0 Å². The lowest BCUT2D eigenvalue weighted by Gasteiger charge is -2.36. The molecule has 2 atom stereocenters. The molecule has 86 valence electrons. The first-order valence-electron chi connectivity index (χ1n) is 5.64. The van der Waals surface area contributed by atoms with Gasteiger partial charge in [-0.15, -0.1) is 0 Å². The van der Waals surface area contributed by atoms with Gasteiger partial charge >= 0.3 is 5.97 Å². The minimum Gasteiger partial charge on any atom is -0.465 e. The monoisotopic (exact) mass is 214 g/mol. The van der Waals surface area contributed by atoms with Crippen molar-refractivity contribution in [1.82, 2.24) is 0 Å². The summed E-state index contributed by atoms with van der Waals surface area (Å²) in [6, 6.07) is 0. The van der Waals surface area contributed by atoms with Gasteiger partial charge in [0, 0.05) is 0 Å². The quantitative estimate of drug-likeness (QED) is 0.708. The third kappa shape index (κ3) is 1.88. The topological polar surface area (TPSA) is 55.8 Å². The van der Waals surface area contributed by atoms with E-state index in [1.807, 2.05) is 0 Å². The summed E-state index contributed by atoms with van der Waals surface area (Å²) in [4.78, 5) is 11.8. The summed E-state index contributed by atoms with van der Waals surface area (Å²) >= 11 is 0. The van der Waals surface area contributed by atoms with Gasteiger partial charge in [0.1, 0.15) is 0 Å². The Kier molecular flexibility index (Phi) is 2.98. The molecule has 0 aliphatic carbocycles. The molecule has 15 heavy (non-hydrogen) atoms. The van der Waals surface area contributed by atoms with Crippen molar-refractivity contribution in [1.29, 1.82) is 0 Å². The van der Waals surface area contributed by atoms with Crippen LogP contribution in [0.25, 0.3) is 0 Å². The van der Waals surface area contributed by atoms with E-state index >= 15 is 0 Å². The molecule has 1 N–H and O–H groups in total. The molecular weight excluding hydrogens is 196 g/mol. The van der Waals surface area contributed by atoms with Gasteiger partial charge in [-0.25, -0.2) is 0 Å². The Bertz CT molecular complexity index is 239. The average molecular weight is 214 g/mol. The molecule has 0 radical (unpaired) electrons. The van der Waals surface area contributed by atoms with E-state index in [1.165, 1.54) is 0 Å². The number of rotatable bonds is 3. The molecule has 2 heterocycles. The summed E-state index contributed by atoms with van der Waals surface area (Å²) in [6.45, 7) is 2.04. The van der Waals surface area contributed by atoms with E-state index in [0.717, 1.165) is 12.8 Å². The molecule has 2 unspecified atom stereocenters. The van der Waals surface area contributed by atoms with Crippen LogP contribution < -0.4 is 0 Å². The van der Waals surface area contributed by atoms with Crippen molar-refractivity contribution in [3.63, 3.8) is 0 Å². The second-order valence-corrected chi connectivity index (χ2v) is 4.52. The highest BCUT2D eigenvalue weighted by atomic mass is 16.5. The first-order chi connectivity index (χ1) is 7.20. The van der Waals surface area contributed by atoms with Crippen LogP contribution in [0.4, 0.5) is 0 Å². The molecule has 0 saturated carbocycles. The first kappa shape index (κ1) is 10.9. The third-order valence-corrected chi connectivity index (χ3v) is 3.44. The molecule has 4 heteroatoms. The van der Waals surface area contributed by atoms with Gasteiger partial charge in [-0.2, -0.15) is 0 Å². The van der Waals surface area contributed by atoms with Crippen LogP contribution in [0.3, 0.4) is 0 Å². The number of esters is 1. The van der Waals surface area contributed by atoms with Gasteiger partial charge in [0.25, 0.3) is 0 Å². The van der Waals surface area contributed by atoms with Crippen molar-refractivity contribution in [2.24, 2.45) is 5.41 Å². The average Bonchev–Trinajstić information content (AvgIpc) is 2.58. The minimum absolute atomic E-state index is 0.123. The largest absolute Gasteiger partial charge is 0.465 e. The third-order valence-electron chi connectivity index (χ3n) is 3.44. The smallest absolute Gasteiger partial charge is 0.314 e. The Balaban J connectivity index is 2.11. The highest BCUT2D eigenvalue weighted by molar-refractivity contribution is 5.77. The fourth-order valence-corrected chi connectivity index (χ4v) is 2.68. The van der Waals surface area contributed by atoms with Gasteiger partial charge in [-0.05, 0) is 32.6 Å². The second-order valence-electron chi connectivity index (χ2n) is 4.52. The van der Waals surface area contributed by atoms with Crippen LogP contribution in [-0.2, 0) is 14.3 Å². The van der Waals surface area contributed by atoms with Crippen LogP contribution in [0.1, 0.15) is 32.6 Å². The lowest BCUT2D eigenvalue weighted by atomic mass is 9.78. The van der Waals surface area contributed by atoms with Crippen molar-refractivity contribution < 1.29 is 19.4 Å². The number of hydrogen-bond donors (Lipinski definition) is 1. The number of fused-ring (bicyclic) bond motifs is 2. The Morgan fingerprint density at radius 3 is 2.53 bits per heavy atom. The molecule has 0 amide bonds. The maximum absolute atomic E-state index is 11.8. The Hall–Kier alpha value is -0.610. The molecule has 2 saturated heterocycles. The van der Waals surface area contributed by atoms with E-state index < -0.39 is 5.41 Å². The summed E-state index contributed by atoms with van der Waals surface area (Å²) in [5, 5.41) is 9.45. The zero-order valence-corrected chi connectivity index (χ0v) is 9.07. The molecule has 2 aliphatic rings. The van der Waals surface area contributed by atoms with Gasteiger partial charge in [0.15, 0.2) is 0 Å². The van der Waals surface area contributed by atoms with Crippen molar-refractivity contribution in [2.45, 2.75) is 44.8 Å². The van der Waals surface area contributed by atoms with Crippen LogP contribution in [0.5, 0.6) is 0 Å². The fraction of sp³-hybridized carbons (Fsp3) is 0.909. The standard InChI is InChI=1S/C11H18O4/c1-2-14-10(13)11(7-12)5-8-3-4-9(6-11)15-8/h8-9,12H,2-7H2,1H3. The SMILES string of the molecule is CCOC(=O)C1(CO)CC2CCC(C1)O2. The molecule has 4 nitrogen and oxygen atoms in total. The zero-order chi connectivity index (χ0) is 10.9. The van der Waals surface area contributed by atoms with Crippen molar-refractivity contribution >= 4 is 5.97 Å². The van der Waals surface area contributed by atoms with Crippen LogP contribution in [0.2, 0.25) is 0 Å².